The molecule has 1 N–H and O–H groups in total. The first-order valence-electron chi connectivity index (χ1n) is 6.41. The van der Waals surface area contributed by atoms with Crippen molar-refractivity contribution in [3.63, 3.8) is 0 Å². The first kappa shape index (κ1) is 11.8. The predicted molar refractivity (Wildman–Crippen MR) is 75.5 cm³/mol. The van der Waals surface area contributed by atoms with Crippen LogP contribution in [0.4, 0.5) is 5.95 Å². The topological polar surface area (TPSA) is 39.1 Å². The van der Waals surface area contributed by atoms with E-state index in [1.54, 1.807) is 0 Å². The summed E-state index contributed by atoms with van der Waals surface area (Å²) in [6.07, 6.45) is 3.89. The minimum absolute atomic E-state index is 0.154. The molecule has 1 aliphatic heterocycles. The molecule has 0 amide bonds. The Bertz CT molecular complexity index is 603. The molecule has 0 spiro atoms. The zero-order valence-electron chi connectivity index (χ0n) is 11.0. The van der Waals surface area contributed by atoms with Crippen molar-refractivity contribution in [2.75, 3.05) is 11.9 Å². The molecule has 2 aromatic rings. The molecule has 1 aromatic carbocycles. The fourth-order valence-electron chi connectivity index (χ4n) is 2.38. The maximum absolute atomic E-state index is 5.67. The van der Waals surface area contributed by atoms with E-state index in [0.717, 1.165) is 23.9 Å². The fraction of sp³-hybridized carbons (Fsp3) is 0.267. The number of nitrogens with one attached hydrogen (secondary N) is 1. The van der Waals surface area contributed by atoms with Gasteiger partial charge in [0.1, 0.15) is 12.4 Å². The summed E-state index contributed by atoms with van der Waals surface area (Å²) in [5.74, 6) is 1.82. The highest BCUT2D eigenvalue weighted by molar-refractivity contribution is 5.44. The average Bonchev–Trinajstić information content (AvgIpc) is 2.96. The smallest absolute Gasteiger partial charge is 0.203 e. The van der Waals surface area contributed by atoms with Gasteiger partial charge in [-0.25, -0.2) is 4.98 Å². The summed E-state index contributed by atoms with van der Waals surface area (Å²) in [5.41, 5.74) is 2.19. The van der Waals surface area contributed by atoms with Gasteiger partial charge in [0.15, 0.2) is 0 Å². The molecule has 0 saturated carbocycles. The SMILES string of the molecule is C=CCn1cc(C)nc1NC1COc2ccccc21. The third kappa shape index (κ3) is 2.21. The molecular weight excluding hydrogens is 238 g/mol. The van der Waals surface area contributed by atoms with E-state index in [4.69, 9.17) is 4.74 Å². The van der Waals surface area contributed by atoms with Crippen molar-refractivity contribution in [3.8, 4) is 5.75 Å². The van der Waals surface area contributed by atoms with Crippen LogP contribution in [-0.4, -0.2) is 16.2 Å². The summed E-state index contributed by atoms with van der Waals surface area (Å²) in [5, 5.41) is 3.45. The summed E-state index contributed by atoms with van der Waals surface area (Å²) in [4.78, 5) is 4.51. The first-order valence-corrected chi connectivity index (χ1v) is 6.41. The molecule has 0 radical (unpaired) electrons. The van der Waals surface area contributed by atoms with Crippen molar-refractivity contribution in [3.05, 3.63) is 54.4 Å². The Kier molecular flexibility index (Phi) is 2.99. The van der Waals surface area contributed by atoms with E-state index in [9.17, 15) is 0 Å². The molecule has 98 valence electrons. The van der Waals surface area contributed by atoms with Gasteiger partial charge in [0.05, 0.1) is 11.7 Å². The Morgan fingerprint density at radius 3 is 3.21 bits per heavy atom. The monoisotopic (exact) mass is 255 g/mol. The number of para-hydroxylation sites is 1. The molecule has 1 aliphatic rings. The van der Waals surface area contributed by atoms with Crippen molar-refractivity contribution in [2.45, 2.75) is 19.5 Å². The standard InChI is InChI=1S/C15H17N3O/c1-3-8-18-9-11(2)16-15(18)17-13-10-19-14-7-5-4-6-12(13)14/h3-7,9,13H,1,8,10H2,2H3,(H,16,17). The molecule has 2 heterocycles. The zero-order chi connectivity index (χ0) is 13.2. The number of ether oxygens (including phenoxy) is 1. The number of nitrogens with zero attached hydrogens (tertiary/aromatic N) is 2. The van der Waals surface area contributed by atoms with Gasteiger partial charge in [-0.2, -0.15) is 0 Å². The van der Waals surface area contributed by atoms with Gasteiger partial charge >= 0.3 is 0 Å². The Labute approximate surface area is 112 Å². The van der Waals surface area contributed by atoms with E-state index < -0.39 is 0 Å². The maximum atomic E-state index is 5.67. The zero-order valence-corrected chi connectivity index (χ0v) is 11.0. The van der Waals surface area contributed by atoms with Crippen LogP contribution in [0.3, 0.4) is 0 Å². The number of fused-ring (bicyclic) bond motifs is 1. The second-order valence-electron chi connectivity index (χ2n) is 4.69. The summed E-state index contributed by atoms with van der Waals surface area (Å²) in [6.45, 7) is 7.15. The van der Waals surface area contributed by atoms with Crippen molar-refractivity contribution >= 4 is 5.95 Å². The third-order valence-corrected chi connectivity index (χ3v) is 3.23. The van der Waals surface area contributed by atoms with Crippen LogP contribution in [0.15, 0.2) is 43.1 Å². The van der Waals surface area contributed by atoms with Crippen LogP contribution >= 0.6 is 0 Å². The molecule has 3 rings (SSSR count). The number of hydrogen-bond donors (Lipinski definition) is 1. The molecule has 4 heteroatoms. The van der Waals surface area contributed by atoms with Gasteiger partial charge in [0.25, 0.3) is 0 Å². The van der Waals surface area contributed by atoms with Crippen molar-refractivity contribution in [1.29, 1.82) is 0 Å². The van der Waals surface area contributed by atoms with Crippen LogP contribution in [0, 0.1) is 6.92 Å². The Hall–Kier alpha value is -2.23. The lowest BCUT2D eigenvalue weighted by Gasteiger charge is -2.13. The molecule has 19 heavy (non-hydrogen) atoms. The van der Waals surface area contributed by atoms with Gasteiger partial charge in [0.2, 0.25) is 5.95 Å². The highest BCUT2D eigenvalue weighted by Crippen LogP contribution is 2.33. The second-order valence-corrected chi connectivity index (χ2v) is 4.69. The van der Waals surface area contributed by atoms with Crippen LogP contribution < -0.4 is 10.1 Å². The third-order valence-electron chi connectivity index (χ3n) is 3.23. The van der Waals surface area contributed by atoms with Gasteiger partial charge in [-0.3, -0.25) is 0 Å². The fourth-order valence-corrected chi connectivity index (χ4v) is 2.38. The van der Waals surface area contributed by atoms with E-state index in [-0.39, 0.29) is 6.04 Å². The Morgan fingerprint density at radius 2 is 2.37 bits per heavy atom. The van der Waals surface area contributed by atoms with Gasteiger partial charge in [-0.15, -0.1) is 6.58 Å². The van der Waals surface area contributed by atoms with E-state index in [2.05, 4.69) is 27.5 Å². The minimum Gasteiger partial charge on any atom is -0.491 e. The summed E-state index contributed by atoms with van der Waals surface area (Å²) >= 11 is 0. The lowest BCUT2D eigenvalue weighted by atomic mass is 10.1. The maximum Gasteiger partial charge on any atom is 0.203 e. The number of benzene rings is 1. The Balaban J connectivity index is 1.85. The van der Waals surface area contributed by atoms with E-state index in [1.165, 1.54) is 5.56 Å². The number of aromatic nitrogens is 2. The number of anilines is 1. The highest BCUT2D eigenvalue weighted by atomic mass is 16.5. The Morgan fingerprint density at radius 1 is 1.53 bits per heavy atom. The normalized spacial score (nSPS) is 16.8. The summed E-state index contributed by atoms with van der Waals surface area (Å²) in [6, 6.07) is 8.27. The first-order chi connectivity index (χ1) is 9.28. The average molecular weight is 255 g/mol. The van der Waals surface area contributed by atoms with E-state index >= 15 is 0 Å². The highest BCUT2D eigenvalue weighted by Gasteiger charge is 2.24. The number of hydrogen-bond acceptors (Lipinski definition) is 3. The number of rotatable bonds is 4. The molecule has 1 atom stereocenters. The van der Waals surface area contributed by atoms with Crippen molar-refractivity contribution < 1.29 is 4.74 Å². The summed E-state index contributed by atoms with van der Waals surface area (Å²) < 4.78 is 7.73. The molecule has 0 fully saturated rings. The van der Waals surface area contributed by atoms with Crippen LogP contribution in [0.5, 0.6) is 5.75 Å². The largest absolute Gasteiger partial charge is 0.491 e. The van der Waals surface area contributed by atoms with Crippen LogP contribution in [0.2, 0.25) is 0 Å². The number of aryl methyl sites for hydroxylation is 1. The lowest BCUT2D eigenvalue weighted by Crippen LogP contribution is -2.15. The number of imidazole rings is 1. The molecular formula is C15H17N3O. The van der Waals surface area contributed by atoms with E-state index in [1.807, 2.05) is 37.4 Å². The molecule has 0 aliphatic carbocycles. The van der Waals surface area contributed by atoms with E-state index in [0.29, 0.717) is 6.61 Å². The quantitative estimate of drug-likeness (QED) is 0.854. The second kappa shape index (κ2) is 4.80. The number of allylic oxidation sites excluding steroid dienone is 1. The molecule has 0 bridgehead atoms. The van der Waals surface area contributed by atoms with Gasteiger partial charge in [0, 0.05) is 18.3 Å². The summed E-state index contributed by atoms with van der Waals surface area (Å²) in [7, 11) is 0. The molecule has 0 saturated heterocycles. The molecule has 1 unspecified atom stereocenters. The predicted octanol–water partition coefficient (Wildman–Crippen LogP) is 2.92. The molecule has 4 nitrogen and oxygen atoms in total. The van der Waals surface area contributed by atoms with Crippen LogP contribution in [0.25, 0.3) is 0 Å². The van der Waals surface area contributed by atoms with Gasteiger partial charge in [-0.05, 0) is 13.0 Å². The molecule has 1 aromatic heterocycles. The lowest BCUT2D eigenvalue weighted by molar-refractivity contribution is 0.339. The minimum atomic E-state index is 0.154. The van der Waals surface area contributed by atoms with Crippen molar-refractivity contribution in [2.24, 2.45) is 0 Å². The van der Waals surface area contributed by atoms with Crippen LogP contribution in [0.1, 0.15) is 17.3 Å². The van der Waals surface area contributed by atoms with Gasteiger partial charge < -0.3 is 14.6 Å². The van der Waals surface area contributed by atoms with Gasteiger partial charge in [-0.1, -0.05) is 24.3 Å². The van der Waals surface area contributed by atoms with Crippen molar-refractivity contribution in [1.82, 2.24) is 9.55 Å². The van der Waals surface area contributed by atoms with Crippen LogP contribution in [-0.2, 0) is 6.54 Å².